The van der Waals surface area contributed by atoms with Gasteiger partial charge in [0.25, 0.3) is 0 Å². The van der Waals surface area contributed by atoms with E-state index in [2.05, 4.69) is 17.6 Å². The number of amides is 1. The largest absolute Gasteiger partial charge is 0.493 e. The number of anilines is 1. The lowest BCUT2D eigenvalue weighted by atomic mass is 9.92. The van der Waals surface area contributed by atoms with Crippen LogP contribution < -0.4 is 20.1 Å². The molecule has 2 N–H and O–H groups in total. The molecule has 0 bridgehead atoms. The molecule has 1 fully saturated rings. The van der Waals surface area contributed by atoms with Crippen molar-refractivity contribution >= 4 is 11.6 Å². The number of benzene rings is 1. The number of piperidine rings is 1. The lowest BCUT2D eigenvalue weighted by molar-refractivity contribution is -0.120. The molecule has 0 radical (unpaired) electrons. The van der Waals surface area contributed by atoms with E-state index in [1.54, 1.807) is 26.4 Å². The van der Waals surface area contributed by atoms with Crippen LogP contribution in [0.1, 0.15) is 19.8 Å². The Morgan fingerprint density at radius 1 is 1.30 bits per heavy atom. The smallest absolute Gasteiger partial charge is 0.227 e. The zero-order valence-electron chi connectivity index (χ0n) is 12.2. The highest BCUT2D eigenvalue weighted by Crippen LogP contribution is 2.30. The van der Waals surface area contributed by atoms with E-state index in [0.717, 1.165) is 25.1 Å². The molecule has 1 aromatic rings. The zero-order valence-corrected chi connectivity index (χ0v) is 12.2. The normalized spacial score (nSPS) is 22.1. The number of hydrogen-bond acceptors (Lipinski definition) is 4. The summed E-state index contributed by atoms with van der Waals surface area (Å²) >= 11 is 0. The average Bonchev–Trinajstić information content (AvgIpc) is 2.47. The number of methoxy groups -OCH3 is 2. The van der Waals surface area contributed by atoms with Crippen LogP contribution in [-0.4, -0.2) is 32.7 Å². The third kappa shape index (κ3) is 3.42. The molecular formula is C15H22N2O3. The van der Waals surface area contributed by atoms with Gasteiger partial charge in [0.15, 0.2) is 11.5 Å². The molecule has 0 spiro atoms. The lowest BCUT2D eigenvalue weighted by Gasteiger charge is -2.27. The van der Waals surface area contributed by atoms with Crippen molar-refractivity contribution in [3.05, 3.63) is 18.2 Å². The van der Waals surface area contributed by atoms with E-state index in [-0.39, 0.29) is 11.8 Å². The van der Waals surface area contributed by atoms with Gasteiger partial charge >= 0.3 is 0 Å². The molecule has 2 rings (SSSR count). The van der Waals surface area contributed by atoms with E-state index >= 15 is 0 Å². The highest BCUT2D eigenvalue weighted by Gasteiger charge is 2.24. The molecule has 1 aliphatic rings. The summed E-state index contributed by atoms with van der Waals surface area (Å²) < 4.78 is 10.4. The highest BCUT2D eigenvalue weighted by atomic mass is 16.5. The summed E-state index contributed by atoms with van der Waals surface area (Å²) in [4.78, 5) is 12.3. The minimum absolute atomic E-state index is 0.0688. The number of ether oxygens (including phenoxy) is 2. The average molecular weight is 278 g/mol. The predicted octanol–water partition coefficient (Wildman–Crippen LogP) is 2.03. The SMILES string of the molecule is COc1ccc(NC(=O)C2CCNC(C)C2)cc1OC. The summed E-state index contributed by atoms with van der Waals surface area (Å²) in [5.74, 6) is 1.41. The maximum Gasteiger partial charge on any atom is 0.227 e. The van der Waals surface area contributed by atoms with Crippen LogP contribution in [0.15, 0.2) is 18.2 Å². The zero-order chi connectivity index (χ0) is 14.5. The van der Waals surface area contributed by atoms with Gasteiger partial charge in [0.1, 0.15) is 0 Å². The fourth-order valence-corrected chi connectivity index (χ4v) is 2.53. The first kappa shape index (κ1) is 14.7. The second-order valence-corrected chi connectivity index (χ2v) is 5.14. The molecule has 1 saturated heterocycles. The molecule has 5 nitrogen and oxygen atoms in total. The molecule has 1 amide bonds. The fraction of sp³-hybridized carbons (Fsp3) is 0.533. The molecule has 5 heteroatoms. The Labute approximate surface area is 119 Å². The lowest BCUT2D eigenvalue weighted by Crippen LogP contribution is -2.40. The van der Waals surface area contributed by atoms with Gasteiger partial charge in [-0.3, -0.25) is 4.79 Å². The van der Waals surface area contributed by atoms with E-state index in [1.165, 1.54) is 0 Å². The van der Waals surface area contributed by atoms with E-state index in [9.17, 15) is 4.79 Å². The van der Waals surface area contributed by atoms with E-state index in [4.69, 9.17) is 9.47 Å². The van der Waals surface area contributed by atoms with Crippen LogP contribution >= 0.6 is 0 Å². The Morgan fingerprint density at radius 2 is 2.05 bits per heavy atom. The molecule has 2 atom stereocenters. The topological polar surface area (TPSA) is 59.6 Å². The van der Waals surface area contributed by atoms with E-state index < -0.39 is 0 Å². The van der Waals surface area contributed by atoms with Crippen LogP contribution in [0, 0.1) is 5.92 Å². The van der Waals surface area contributed by atoms with E-state index in [1.807, 2.05) is 6.07 Å². The molecule has 1 aliphatic heterocycles. The van der Waals surface area contributed by atoms with Crippen molar-refractivity contribution in [1.82, 2.24) is 5.32 Å². The number of nitrogens with one attached hydrogen (secondary N) is 2. The maximum absolute atomic E-state index is 12.3. The molecule has 20 heavy (non-hydrogen) atoms. The van der Waals surface area contributed by atoms with Crippen LogP contribution in [0.25, 0.3) is 0 Å². The van der Waals surface area contributed by atoms with Crippen LogP contribution in [0.4, 0.5) is 5.69 Å². The number of carbonyl (C=O) groups is 1. The first-order valence-electron chi connectivity index (χ1n) is 6.90. The van der Waals surface area contributed by atoms with Gasteiger partial charge in [-0.1, -0.05) is 0 Å². The van der Waals surface area contributed by atoms with Gasteiger partial charge < -0.3 is 20.1 Å². The molecule has 2 unspecified atom stereocenters. The van der Waals surface area contributed by atoms with Gasteiger partial charge in [0.05, 0.1) is 14.2 Å². The number of rotatable bonds is 4. The van der Waals surface area contributed by atoms with Crippen molar-refractivity contribution in [2.24, 2.45) is 5.92 Å². The standard InChI is InChI=1S/C15H22N2O3/c1-10-8-11(6-7-16-10)15(18)17-12-4-5-13(19-2)14(9-12)20-3/h4-5,9-11,16H,6-8H2,1-3H3,(H,17,18). The van der Waals surface area contributed by atoms with Crippen molar-refractivity contribution in [2.75, 3.05) is 26.1 Å². The molecular weight excluding hydrogens is 256 g/mol. The van der Waals surface area contributed by atoms with Gasteiger partial charge in [-0.05, 0) is 38.4 Å². The second kappa shape index (κ2) is 6.61. The Morgan fingerprint density at radius 3 is 2.70 bits per heavy atom. The quantitative estimate of drug-likeness (QED) is 0.884. The third-order valence-corrected chi connectivity index (χ3v) is 3.65. The minimum atomic E-state index is 0.0688. The van der Waals surface area contributed by atoms with Crippen molar-refractivity contribution in [3.8, 4) is 11.5 Å². The molecule has 1 heterocycles. The Balaban J connectivity index is 2.03. The summed E-state index contributed by atoms with van der Waals surface area (Å²) in [5, 5.41) is 6.30. The Bertz CT molecular complexity index is 476. The molecule has 0 saturated carbocycles. The predicted molar refractivity (Wildman–Crippen MR) is 78.4 cm³/mol. The monoisotopic (exact) mass is 278 g/mol. The fourth-order valence-electron chi connectivity index (χ4n) is 2.53. The number of carbonyl (C=O) groups excluding carboxylic acids is 1. The molecule has 1 aromatic carbocycles. The van der Waals surface area contributed by atoms with Gasteiger partial charge in [-0.2, -0.15) is 0 Å². The Kier molecular flexibility index (Phi) is 4.84. The van der Waals surface area contributed by atoms with Crippen molar-refractivity contribution < 1.29 is 14.3 Å². The Hall–Kier alpha value is -1.75. The summed E-state index contributed by atoms with van der Waals surface area (Å²) in [6, 6.07) is 5.79. The summed E-state index contributed by atoms with van der Waals surface area (Å²) in [5.41, 5.74) is 0.735. The summed E-state index contributed by atoms with van der Waals surface area (Å²) in [6.07, 6.45) is 1.75. The van der Waals surface area contributed by atoms with Crippen LogP contribution in [-0.2, 0) is 4.79 Å². The molecule has 0 aliphatic carbocycles. The van der Waals surface area contributed by atoms with Gasteiger partial charge in [-0.15, -0.1) is 0 Å². The number of hydrogen-bond donors (Lipinski definition) is 2. The van der Waals surface area contributed by atoms with Gasteiger partial charge in [0, 0.05) is 23.7 Å². The maximum atomic E-state index is 12.3. The third-order valence-electron chi connectivity index (χ3n) is 3.65. The minimum Gasteiger partial charge on any atom is -0.493 e. The highest BCUT2D eigenvalue weighted by molar-refractivity contribution is 5.93. The summed E-state index contributed by atoms with van der Waals surface area (Å²) in [7, 11) is 3.17. The van der Waals surface area contributed by atoms with Crippen molar-refractivity contribution in [3.63, 3.8) is 0 Å². The molecule has 110 valence electrons. The van der Waals surface area contributed by atoms with E-state index in [0.29, 0.717) is 17.5 Å². The van der Waals surface area contributed by atoms with Crippen molar-refractivity contribution in [1.29, 1.82) is 0 Å². The van der Waals surface area contributed by atoms with Crippen molar-refractivity contribution in [2.45, 2.75) is 25.8 Å². The second-order valence-electron chi connectivity index (χ2n) is 5.14. The first-order chi connectivity index (χ1) is 9.63. The van der Waals surface area contributed by atoms with Gasteiger partial charge in [0.2, 0.25) is 5.91 Å². The van der Waals surface area contributed by atoms with Crippen LogP contribution in [0.3, 0.4) is 0 Å². The first-order valence-corrected chi connectivity index (χ1v) is 6.90. The molecule has 0 aromatic heterocycles. The van der Waals surface area contributed by atoms with Crippen LogP contribution in [0.5, 0.6) is 11.5 Å². The van der Waals surface area contributed by atoms with Gasteiger partial charge in [-0.25, -0.2) is 0 Å². The van der Waals surface area contributed by atoms with Crippen LogP contribution in [0.2, 0.25) is 0 Å². The summed E-state index contributed by atoms with van der Waals surface area (Å²) in [6.45, 7) is 3.00.